The minimum Gasteiger partial charge on any atom is -0.456 e. The summed E-state index contributed by atoms with van der Waals surface area (Å²) in [5, 5.41) is 4.26. The standard InChI is InChI=1S/C16H22FNO/c1-4-11(3)9-14(18-5-2)15-10-12-7-6-8-13(17)16(12)19-15/h6-8,10-11,14,18H,4-5,9H2,1-3H3. The lowest BCUT2D eigenvalue weighted by molar-refractivity contribution is 0.357. The van der Waals surface area contributed by atoms with Crippen LogP contribution in [0.2, 0.25) is 0 Å². The van der Waals surface area contributed by atoms with Gasteiger partial charge in [0.1, 0.15) is 5.76 Å². The number of furan rings is 1. The van der Waals surface area contributed by atoms with E-state index in [2.05, 4.69) is 26.1 Å². The monoisotopic (exact) mass is 263 g/mol. The van der Waals surface area contributed by atoms with Crippen molar-refractivity contribution in [1.29, 1.82) is 0 Å². The van der Waals surface area contributed by atoms with Gasteiger partial charge in [0, 0.05) is 5.39 Å². The first-order valence-corrected chi connectivity index (χ1v) is 7.07. The first-order valence-electron chi connectivity index (χ1n) is 7.07. The van der Waals surface area contributed by atoms with Gasteiger partial charge in [-0.15, -0.1) is 0 Å². The van der Waals surface area contributed by atoms with Crippen LogP contribution in [0.25, 0.3) is 11.0 Å². The Kier molecular flexibility index (Phi) is 4.59. The van der Waals surface area contributed by atoms with E-state index in [4.69, 9.17) is 4.42 Å². The molecule has 2 nitrogen and oxygen atoms in total. The molecule has 2 rings (SSSR count). The third kappa shape index (κ3) is 3.16. The number of rotatable bonds is 6. The van der Waals surface area contributed by atoms with Crippen molar-refractivity contribution in [3.63, 3.8) is 0 Å². The molecular weight excluding hydrogens is 241 g/mol. The fraction of sp³-hybridized carbons (Fsp3) is 0.500. The molecule has 0 bridgehead atoms. The molecule has 1 aromatic carbocycles. The van der Waals surface area contributed by atoms with Gasteiger partial charge in [0.25, 0.3) is 0 Å². The second kappa shape index (κ2) is 6.20. The van der Waals surface area contributed by atoms with Crippen LogP contribution in [0.1, 0.15) is 45.4 Å². The molecule has 1 aromatic heterocycles. The van der Waals surface area contributed by atoms with Crippen LogP contribution in [-0.4, -0.2) is 6.54 Å². The van der Waals surface area contributed by atoms with Crippen molar-refractivity contribution in [2.45, 2.75) is 39.7 Å². The van der Waals surface area contributed by atoms with Crippen LogP contribution < -0.4 is 5.32 Å². The summed E-state index contributed by atoms with van der Waals surface area (Å²) < 4.78 is 19.4. The highest BCUT2D eigenvalue weighted by Gasteiger charge is 2.18. The van der Waals surface area contributed by atoms with Gasteiger partial charge in [-0.1, -0.05) is 39.3 Å². The summed E-state index contributed by atoms with van der Waals surface area (Å²) in [7, 11) is 0. The molecule has 2 atom stereocenters. The quantitative estimate of drug-likeness (QED) is 0.820. The predicted octanol–water partition coefficient (Wildman–Crippen LogP) is 4.66. The van der Waals surface area contributed by atoms with Crippen LogP contribution in [0, 0.1) is 11.7 Å². The number of benzene rings is 1. The molecule has 1 N–H and O–H groups in total. The Morgan fingerprint density at radius 3 is 2.74 bits per heavy atom. The smallest absolute Gasteiger partial charge is 0.169 e. The molecule has 3 heteroatoms. The van der Waals surface area contributed by atoms with E-state index < -0.39 is 0 Å². The van der Waals surface area contributed by atoms with Gasteiger partial charge in [-0.25, -0.2) is 4.39 Å². The average Bonchev–Trinajstić information content (AvgIpc) is 2.83. The van der Waals surface area contributed by atoms with E-state index in [9.17, 15) is 4.39 Å². The molecule has 0 saturated heterocycles. The van der Waals surface area contributed by atoms with Gasteiger partial charge >= 0.3 is 0 Å². The minimum atomic E-state index is -0.289. The SMILES string of the molecule is CCNC(CC(C)CC)c1cc2cccc(F)c2o1. The number of nitrogens with one attached hydrogen (secondary N) is 1. The van der Waals surface area contributed by atoms with Crippen molar-refractivity contribution in [3.8, 4) is 0 Å². The second-order valence-electron chi connectivity index (χ2n) is 5.17. The second-order valence-corrected chi connectivity index (χ2v) is 5.17. The normalized spacial score (nSPS) is 14.7. The largest absolute Gasteiger partial charge is 0.456 e. The molecule has 2 unspecified atom stereocenters. The van der Waals surface area contributed by atoms with Gasteiger partial charge in [0.05, 0.1) is 6.04 Å². The van der Waals surface area contributed by atoms with Crippen molar-refractivity contribution < 1.29 is 8.81 Å². The zero-order chi connectivity index (χ0) is 13.8. The third-order valence-corrected chi connectivity index (χ3v) is 3.64. The van der Waals surface area contributed by atoms with E-state index in [1.165, 1.54) is 6.07 Å². The molecule has 0 aliphatic heterocycles. The van der Waals surface area contributed by atoms with Gasteiger partial charge in [-0.05, 0) is 31.0 Å². The predicted molar refractivity (Wildman–Crippen MR) is 76.7 cm³/mol. The Morgan fingerprint density at radius 1 is 1.32 bits per heavy atom. The van der Waals surface area contributed by atoms with Crippen molar-refractivity contribution >= 4 is 11.0 Å². The molecule has 19 heavy (non-hydrogen) atoms. The van der Waals surface area contributed by atoms with Crippen molar-refractivity contribution in [3.05, 3.63) is 35.8 Å². The summed E-state index contributed by atoms with van der Waals surface area (Å²) >= 11 is 0. The highest BCUT2D eigenvalue weighted by atomic mass is 19.1. The van der Waals surface area contributed by atoms with E-state index in [1.807, 2.05) is 12.1 Å². The van der Waals surface area contributed by atoms with Crippen LogP contribution >= 0.6 is 0 Å². The van der Waals surface area contributed by atoms with Crippen molar-refractivity contribution in [2.24, 2.45) is 5.92 Å². The molecule has 0 aliphatic carbocycles. The topological polar surface area (TPSA) is 25.2 Å². The first kappa shape index (κ1) is 14.1. The van der Waals surface area contributed by atoms with Gasteiger partial charge in [-0.3, -0.25) is 0 Å². The fourth-order valence-electron chi connectivity index (χ4n) is 2.33. The Bertz CT molecular complexity index is 535. The van der Waals surface area contributed by atoms with Crippen molar-refractivity contribution in [1.82, 2.24) is 5.32 Å². The van der Waals surface area contributed by atoms with E-state index in [-0.39, 0.29) is 11.9 Å². The Balaban J connectivity index is 2.30. The van der Waals surface area contributed by atoms with Gasteiger partial charge in [-0.2, -0.15) is 0 Å². The number of fused-ring (bicyclic) bond motifs is 1. The lowest BCUT2D eigenvalue weighted by Crippen LogP contribution is -2.22. The van der Waals surface area contributed by atoms with Crippen LogP contribution in [0.15, 0.2) is 28.7 Å². The summed E-state index contributed by atoms with van der Waals surface area (Å²) in [5.41, 5.74) is 0.365. The fourth-order valence-corrected chi connectivity index (χ4v) is 2.33. The maximum atomic E-state index is 13.7. The molecule has 0 amide bonds. The summed E-state index contributed by atoms with van der Waals surface area (Å²) in [4.78, 5) is 0. The van der Waals surface area contributed by atoms with Gasteiger partial charge < -0.3 is 9.73 Å². The summed E-state index contributed by atoms with van der Waals surface area (Å²) in [6.45, 7) is 7.37. The highest BCUT2D eigenvalue weighted by molar-refractivity contribution is 5.78. The van der Waals surface area contributed by atoms with E-state index >= 15 is 0 Å². The molecule has 0 saturated carbocycles. The molecule has 0 spiro atoms. The summed E-state index contributed by atoms with van der Waals surface area (Å²) in [6, 6.07) is 7.15. The minimum absolute atomic E-state index is 0.159. The number of para-hydroxylation sites is 1. The number of hydrogen-bond donors (Lipinski definition) is 1. The Labute approximate surface area is 114 Å². The number of hydrogen-bond acceptors (Lipinski definition) is 2. The maximum Gasteiger partial charge on any atom is 0.169 e. The molecule has 2 aromatic rings. The lowest BCUT2D eigenvalue weighted by Gasteiger charge is -2.18. The number of halogens is 1. The Morgan fingerprint density at radius 2 is 2.11 bits per heavy atom. The van der Waals surface area contributed by atoms with E-state index in [0.29, 0.717) is 11.5 Å². The van der Waals surface area contributed by atoms with Crippen LogP contribution in [-0.2, 0) is 0 Å². The molecule has 104 valence electrons. The molecule has 0 fully saturated rings. The van der Waals surface area contributed by atoms with Crippen LogP contribution in [0.5, 0.6) is 0 Å². The molecule has 0 radical (unpaired) electrons. The van der Waals surface area contributed by atoms with Gasteiger partial charge in [0.2, 0.25) is 0 Å². The zero-order valence-electron chi connectivity index (χ0n) is 11.9. The highest BCUT2D eigenvalue weighted by Crippen LogP contribution is 2.29. The summed E-state index contributed by atoms with van der Waals surface area (Å²) in [6.07, 6.45) is 2.14. The summed E-state index contributed by atoms with van der Waals surface area (Å²) in [5.74, 6) is 1.16. The van der Waals surface area contributed by atoms with Gasteiger partial charge in [0.15, 0.2) is 11.4 Å². The van der Waals surface area contributed by atoms with E-state index in [0.717, 1.165) is 30.5 Å². The van der Waals surface area contributed by atoms with Crippen molar-refractivity contribution in [2.75, 3.05) is 6.54 Å². The van der Waals surface area contributed by atoms with Crippen LogP contribution in [0.4, 0.5) is 4.39 Å². The molecule has 0 aliphatic rings. The molecule has 1 heterocycles. The molecular formula is C16H22FNO. The third-order valence-electron chi connectivity index (χ3n) is 3.64. The van der Waals surface area contributed by atoms with Crippen LogP contribution in [0.3, 0.4) is 0 Å². The first-order chi connectivity index (χ1) is 9.15. The lowest BCUT2D eigenvalue weighted by atomic mass is 9.97. The van der Waals surface area contributed by atoms with E-state index in [1.54, 1.807) is 6.07 Å². The maximum absolute atomic E-state index is 13.7. The average molecular weight is 263 g/mol. The Hall–Kier alpha value is -1.35. The zero-order valence-corrected chi connectivity index (χ0v) is 11.9.